The normalized spacial score (nSPS) is 11.6. The Balaban J connectivity index is 1.69. The van der Waals surface area contributed by atoms with Gasteiger partial charge in [0.2, 0.25) is 5.91 Å². The Labute approximate surface area is 213 Å². The lowest BCUT2D eigenvalue weighted by atomic mass is 10.2. The molecule has 9 nitrogen and oxygen atoms in total. The van der Waals surface area contributed by atoms with Gasteiger partial charge in [-0.1, -0.05) is 29.8 Å². The minimum absolute atomic E-state index is 0.0158. The van der Waals surface area contributed by atoms with Crippen LogP contribution >= 0.6 is 11.6 Å². The first kappa shape index (κ1) is 25.4. The lowest BCUT2D eigenvalue weighted by Gasteiger charge is -2.14. The van der Waals surface area contributed by atoms with E-state index in [2.05, 4.69) is 20.6 Å². The number of rotatable bonds is 8. The summed E-state index contributed by atoms with van der Waals surface area (Å²) in [6.07, 6.45) is 0. The Morgan fingerprint density at radius 1 is 1.00 bits per heavy atom. The number of sulfone groups is 1. The van der Waals surface area contributed by atoms with Crippen LogP contribution in [0.15, 0.2) is 71.6 Å². The van der Waals surface area contributed by atoms with E-state index in [4.69, 9.17) is 11.6 Å². The monoisotopic (exact) mass is 525 g/mol. The predicted octanol–water partition coefficient (Wildman–Crippen LogP) is 4.21. The number of para-hydroxylation sites is 2. The largest absolute Gasteiger partial charge is 0.508 e. The zero-order valence-corrected chi connectivity index (χ0v) is 21.1. The van der Waals surface area contributed by atoms with E-state index in [-0.39, 0.29) is 34.6 Å². The highest BCUT2D eigenvalue weighted by Crippen LogP contribution is 2.31. The highest BCUT2D eigenvalue weighted by Gasteiger charge is 2.22. The van der Waals surface area contributed by atoms with Crippen LogP contribution in [0.5, 0.6) is 5.75 Å². The lowest BCUT2D eigenvalue weighted by Crippen LogP contribution is -2.27. The number of nitrogens with zero attached hydrogens (tertiary/aromatic N) is 3. The van der Waals surface area contributed by atoms with E-state index in [1.807, 2.05) is 0 Å². The van der Waals surface area contributed by atoms with Crippen molar-refractivity contribution >= 4 is 55.6 Å². The first-order chi connectivity index (χ1) is 17.1. The van der Waals surface area contributed by atoms with Gasteiger partial charge in [0.25, 0.3) is 0 Å². The van der Waals surface area contributed by atoms with Crippen molar-refractivity contribution in [3.63, 3.8) is 0 Å². The third-order valence-corrected chi connectivity index (χ3v) is 7.06. The number of aromatic nitrogens is 2. The SMILES string of the molecule is CN(C)CC(=O)Nc1cccc(S(=O)(=O)Cc2nc3ccccc3nc2Nc2cc(O)ccc2Cl)c1. The molecule has 36 heavy (non-hydrogen) atoms. The second-order valence-corrected chi connectivity index (χ2v) is 10.8. The number of anilines is 3. The number of hydrogen-bond donors (Lipinski definition) is 3. The summed E-state index contributed by atoms with van der Waals surface area (Å²) in [5.41, 5.74) is 1.99. The second kappa shape index (κ2) is 10.5. The topological polar surface area (TPSA) is 125 Å². The molecule has 4 aromatic rings. The van der Waals surface area contributed by atoms with Crippen LogP contribution < -0.4 is 10.6 Å². The van der Waals surface area contributed by atoms with E-state index in [0.29, 0.717) is 27.4 Å². The average Bonchev–Trinajstić information content (AvgIpc) is 2.81. The standard InChI is InChI=1S/C25H24ClN5O4S/c1-31(2)14-24(33)27-16-6-5-7-18(12-16)36(34,35)15-23-25(29-21-9-4-3-8-20(21)28-23)30-22-13-17(32)10-11-19(22)26/h3-13,32H,14-15H2,1-2H3,(H,27,33)(H,29,30). The number of carbonyl (C=O) groups is 1. The number of phenols is 1. The van der Waals surface area contributed by atoms with E-state index in [0.717, 1.165) is 0 Å². The number of hydrogen-bond acceptors (Lipinski definition) is 8. The van der Waals surface area contributed by atoms with Crippen LogP contribution in [0.4, 0.5) is 17.2 Å². The van der Waals surface area contributed by atoms with Crippen molar-refractivity contribution in [3.05, 3.63) is 77.4 Å². The maximum atomic E-state index is 13.4. The average molecular weight is 526 g/mol. The predicted molar refractivity (Wildman–Crippen MR) is 140 cm³/mol. The third kappa shape index (κ3) is 6.09. The number of likely N-dealkylation sites (N-methyl/N-ethyl adjacent to an activating group) is 1. The van der Waals surface area contributed by atoms with Crippen molar-refractivity contribution in [2.45, 2.75) is 10.6 Å². The summed E-state index contributed by atoms with van der Waals surface area (Å²) in [6.45, 7) is 0.163. The molecule has 0 spiro atoms. The van der Waals surface area contributed by atoms with Crippen molar-refractivity contribution in [3.8, 4) is 5.75 Å². The fraction of sp³-hybridized carbons (Fsp3) is 0.160. The number of benzene rings is 3. The van der Waals surface area contributed by atoms with Gasteiger partial charge in [0.15, 0.2) is 15.7 Å². The molecule has 11 heteroatoms. The second-order valence-electron chi connectivity index (χ2n) is 8.37. The molecule has 4 rings (SSSR count). The van der Waals surface area contributed by atoms with Gasteiger partial charge in [-0.3, -0.25) is 4.79 Å². The van der Waals surface area contributed by atoms with Gasteiger partial charge in [0.05, 0.1) is 38.9 Å². The molecule has 1 amide bonds. The van der Waals surface area contributed by atoms with E-state index in [1.54, 1.807) is 55.4 Å². The van der Waals surface area contributed by atoms with Crippen LogP contribution in [0, 0.1) is 0 Å². The molecular weight excluding hydrogens is 502 g/mol. The van der Waals surface area contributed by atoms with Gasteiger partial charge in [-0.05, 0) is 56.6 Å². The van der Waals surface area contributed by atoms with Crippen LogP contribution in [0.3, 0.4) is 0 Å². The third-order valence-electron chi connectivity index (χ3n) is 5.11. The molecular formula is C25H24ClN5O4S. The van der Waals surface area contributed by atoms with Crippen molar-refractivity contribution in [1.29, 1.82) is 0 Å². The Morgan fingerprint density at radius 3 is 2.44 bits per heavy atom. The van der Waals surface area contributed by atoms with Gasteiger partial charge in [0.1, 0.15) is 11.5 Å². The summed E-state index contributed by atoms with van der Waals surface area (Å²) in [6, 6.07) is 17.5. The molecule has 1 heterocycles. The Hall–Kier alpha value is -3.73. The first-order valence-electron chi connectivity index (χ1n) is 10.9. The van der Waals surface area contributed by atoms with Crippen LogP contribution in [0.2, 0.25) is 5.02 Å². The van der Waals surface area contributed by atoms with Crippen molar-refractivity contribution in [2.24, 2.45) is 0 Å². The summed E-state index contributed by atoms with van der Waals surface area (Å²) in [7, 11) is -0.354. The van der Waals surface area contributed by atoms with E-state index < -0.39 is 15.6 Å². The van der Waals surface area contributed by atoms with E-state index in [9.17, 15) is 18.3 Å². The number of halogens is 1. The van der Waals surface area contributed by atoms with Gasteiger partial charge in [-0.15, -0.1) is 0 Å². The zero-order valence-electron chi connectivity index (χ0n) is 19.6. The molecule has 3 N–H and O–H groups in total. The molecule has 0 aliphatic rings. The lowest BCUT2D eigenvalue weighted by molar-refractivity contribution is -0.116. The van der Waals surface area contributed by atoms with Crippen LogP contribution in [-0.2, 0) is 20.4 Å². The summed E-state index contributed by atoms with van der Waals surface area (Å²) in [5, 5.41) is 15.9. The number of phenolic OH excluding ortho intramolecular Hbond substituents is 1. The van der Waals surface area contributed by atoms with Crippen LogP contribution in [0.25, 0.3) is 11.0 Å². The zero-order chi connectivity index (χ0) is 25.9. The number of fused-ring (bicyclic) bond motifs is 1. The smallest absolute Gasteiger partial charge is 0.238 e. The summed E-state index contributed by atoms with van der Waals surface area (Å²) in [4.78, 5) is 23.0. The molecule has 0 aliphatic heterocycles. The summed E-state index contributed by atoms with van der Waals surface area (Å²) in [5.74, 6) is -0.541. The van der Waals surface area contributed by atoms with Gasteiger partial charge in [0, 0.05) is 11.8 Å². The van der Waals surface area contributed by atoms with E-state index in [1.165, 1.54) is 30.3 Å². The Kier molecular flexibility index (Phi) is 7.39. The van der Waals surface area contributed by atoms with Crippen molar-refractivity contribution < 1.29 is 18.3 Å². The molecule has 0 radical (unpaired) electrons. The fourth-order valence-electron chi connectivity index (χ4n) is 3.49. The molecule has 0 saturated heterocycles. The number of carbonyl (C=O) groups excluding carboxylic acids is 1. The molecule has 186 valence electrons. The molecule has 0 fully saturated rings. The Morgan fingerprint density at radius 2 is 1.72 bits per heavy atom. The van der Waals surface area contributed by atoms with Gasteiger partial charge >= 0.3 is 0 Å². The molecule has 3 aromatic carbocycles. The number of aromatic hydroxyl groups is 1. The Bertz CT molecular complexity index is 1540. The summed E-state index contributed by atoms with van der Waals surface area (Å²) >= 11 is 6.26. The van der Waals surface area contributed by atoms with Gasteiger partial charge in [-0.2, -0.15) is 0 Å². The van der Waals surface area contributed by atoms with Gasteiger partial charge < -0.3 is 20.6 Å². The highest BCUT2D eigenvalue weighted by molar-refractivity contribution is 7.90. The fourth-order valence-corrected chi connectivity index (χ4v) is 4.98. The first-order valence-corrected chi connectivity index (χ1v) is 12.9. The number of nitrogens with one attached hydrogen (secondary N) is 2. The maximum Gasteiger partial charge on any atom is 0.238 e. The van der Waals surface area contributed by atoms with Crippen molar-refractivity contribution in [2.75, 3.05) is 31.3 Å². The number of amides is 1. The molecule has 0 aliphatic carbocycles. The molecule has 0 bridgehead atoms. The van der Waals surface area contributed by atoms with Crippen molar-refractivity contribution in [1.82, 2.24) is 14.9 Å². The molecule has 1 aromatic heterocycles. The minimum atomic E-state index is -3.88. The van der Waals surface area contributed by atoms with Crippen LogP contribution in [0.1, 0.15) is 5.69 Å². The molecule has 0 atom stereocenters. The van der Waals surface area contributed by atoms with E-state index >= 15 is 0 Å². The summed E-state index contributed by atoms with van der Waals surface area (Å²) < 4.78 is 26.8. The minimum Gasteiger partial charge on any atom is -0.508 e. The quantitative estimate of drug-likeness (QED) is 0.312. The molecule has 0 saturated carbocycles. The van der Waals surface area contributed by atoms with Gasteiger partial charge in [-0.25, -0.2) is 18.4 Å². The molecule has 0 unspecified atom stereocenters. The highest BCUT2D eigenvalue weighted by atomic mass is 35.5. The maximum absolute atomic E-state index is 13.4. The van der Waals surface area contributed by atoms with Crippen LogP contribution in [-0.4, -0.2) is 54.9 Å².